The van der Waals surface area contributed by atoms with E-state index in [2.05, 4.69) is 55.4 Å². The number of nitrogens with zero attached hydrogens (tertiary/aromatic N) is 5. The number of nitrogens with one attached hydrogen (secondary N) is 3. The Labute approximate surface area is 434 Å². The van der Waals surface area contributed by atoms with Crippen molar-refractivity contribution in [1.29, 1.82) is 0 Å². The van der Waals surface area contributed by atoms with Crippen LogP contribution in [0.1, 0.15) is 62.9 Å². The minimum Gasteiger partial charge on any atom is -0.455 e. The highest BCUT2D eigenvalue weighted by Gasteiger charge is 2.48. The molecule has 3 N–H and O–H groups in total. The summed E-state index contributed by atoms with van der Waals surface area (Å²) in [5.41, 5.74) is -1.27. The van der Waals surface area contributed by atoms with E-state index < -0.39 is 68.6 Å². The first kappa shape index (κ1) is 54.5. The first-order chi connectivity index (χ1) is 34.9. The fraction of sp³-hybridized carbons (Fsp3) is 0.420. The molecule has 8 rings (SSSR count). The number of sulfone groups is 1. The summed E-state index contributed by atoms with van der Waals surface area (Å²) in [5.74, 6) is -0.989. The number of rotatable bonds is 15. The maximum Gasteiger partial charge on any atom is 0.501 e. The number of halogens is 4. The molecule has 17 nitrogen and oxygen atoms in total. The molecule has 2 saturated heterocycles. The van der Waals surface area contributed by atoms with E-state index in [1.54, 1.807) is 44.3 Å². The molecule has 0 radical (unpaired) electrons. The van der Waals surface area contributed by atoms with E-state index in [1.807, 2.05) is 21.8 Å². The quantitative estimate of drug-likeness (QED) is 0.0893. The van der Waals surface area contributed by atoms with Crippen LogP contribution in [0.4, 0.5) is 29.3 Å². The highest BCUT2D eigenvalue weighted by molar-refractivity contribution is 7.94. The maximum absolute atomic E-state index is 14.2. The number of allylic oxidation sites excluding steroid dienone is 1. The number of alkyl halides is 3. The molecule has 0 unspecified atom stereocenters. The lowest BCUT2D eigenvalue weighted by atomic mass is 9.72. The molecule has 0 bridgehead atoms. The van der Waals surface area contributed by atoms with E-state index in [4.69, 9.17) is 21.1 Å². The Morgan fingerprint density at radius 1 is 0.946 bits per heavy atom. The Hall–Kier alpha value is -5.72. The number of H-pyrrole nitrogens is 1. The largest absolute Gasteiger partial charge is 0.501 e. The molecule has 3 aliphatic rings. The molecule has 74 heavy (non-hydrogen) atoms. The molecule has 1 aliphatic carbocycles. The number of pyridine rings is 1. The van der Waals surface area contributed by atoms with Crippen molar-refractivity contribution in [3.63, 3.8) is 0 Å². The first-order valence-corrected chi connectivity index (χ1v) is 29.2. The summed E-state index contributed by atoms with van der Waals surface area (Å²) >= 11 is 6.24. The monoisotopic (exact) mass is 1100 g/mol. The third-order valence-corrected chi connectivity index (χ3v) is 18.6. The van der Waals surface area contributed by atoms with E-state index in [-0.39, 0.29) is 60.2 Å². The van der Waals surface area contributed by atoms with Gasteiger partial charge in [-0.3, -0.25) is 14.6 Å². The molecule has 2 aromatic heterocycles. The van der Waals surface area contributed by atoms with Crippen LogP contribution >= 0.6 is 11.6 Å². The van der Waals surface area contributed by atoms with E-state index in [9.17, 15) is 43.8 Å². The molecule has 2 fully saturated rings. The Balaban J connectivity index is 1.01. The van der Waals surface area contributed by atoms with Crippen molar-refractivity contribution in [2.75, 3.05) is 80.7 Å². The van der Waals surface area contributed by atoms with Gasteiger partial charge < -0.3 is 24.7 Å². The number of ether oxygens (including phenoxy) is 2. The zero-order chi connectivity index (χ0) is 53.2. The summed E-state index contributed by atoms with van der Waals surface area (Å²) in [6, 6.07) is 17.5. The number of carbonyl (C=O) groups excluding carboxylic acids is 2. The molecule has 3 aromatic carbocycles. The number of carbonyl (C=O) groups is 2. The molecule has 4 heterocycles. The Morgan fingerprint density at radius 3 is 2.35 bits per heavy atom. The normalized spacial score (nSPS) is 18.2. The van der Waals surface area contributed by atoms with Crippen LogP contribution in [0.15, 0.2) is 105 Å². The van der Waals surface area contributed by atoms with Crippen molar-refractivity contribution in [1.82, 2.24) is 24.5 Å². The van der Waals surface area contributed by atoms with Crippen molar-refractivity contribution < 1.29 is 53.3 Å². The van der Waals surface area contributed by atoms with Gasteiger partial charge in [-0.15, -0.1) is 4.36 Å². The number of aromatic amines is 1. The third kappa shape index (κ3) is 12.8. The summed E-state index contributed by atoms with van der Waals surface area (Å²) in [4.78, 5) is 37.3. The second-order valence-corrected chi connectivity index (χ2v) is 26.0. The summed E-state index contributed by atoms with van der Waals surface area (Å²) < 4.78 is 126. The second kappa shape index (κ2) is 21.9. The number of anilines is 2. The van der Waals surface area contributed by atoms with Gasteiger partial charge in [-0.2, -0.15) is 13.2 Å². The average molecular weight is 1100 g/mol. The maximum atomic E-state index is 14.2. The van der Waals surface area contributed by atoms with Gasteiger partial charge in [-0.05, 0) is 104 Å². The predicted octanol–water partition coefficient (Wildman–Crippen LogP) is 8.95. The number of fused-ring (bicyclic) bond motifs is 1. The van der Waals surface area contributed by atoms with Gasteiger partial charge in [-0.25, -0.2) is 35.5 Å². The average Bonchev–Trinajstić information content (AvgIpc) is 3.81. The number of aromatic nitrogens is 2. The Bertz CT molecular complexity index is 3300. The molecule has 0 saturated carbocycles. The van der Waals surface area contributed by atoms with Crippen molar-refractivity contribution in [2.24, 2.45) is 9.78 Å². The molecular formula is C50H58ClF3N8O9S3. The molecule has 1 atom stereocenters. The minimum absolute atomic E-state index is 0.0199. The number of benzene rings is 3. The fourth-order valence-corrected chi connectivity index (χ4v) is 13.3. The van der Waals surface area contributed by atoms with Crippen LogP contribution in [-0.2, 0) is 34.3 Å². The van der Waals surface area contributed by atoms with Gasteiger partial charge >= 0.3 is 11.6 Å². The van der Waals surface area contributed by atoms with E-state index in [0.717, 1.165) is 51.0 Å². The molecular weight excluding hydrogens is 1050 g/mol. The van der Waals surface area contributed by atoms with E-state index in [0.29, 0.717) is 40.9 Å². The highest BCUT2D eigenvalue weighted by Crippen LogP contribution is 2.44. The van der Waals surface area contributed by atoms with Crippen molar-refractivity contribution in [2.45, 2.75) is 68.3 Å². The van der Waals surface area contributed by atoms with Gasteiger partial charge in [0.15, 0.2) is 0 Å². The van der Waals surface area contributed by atoms with Crippen molar-refractivity contribution >= 4 is 81.2 Å². The number of hydrogen-bond donors (Lipinski definition) is 3. The predicted molar refractivity (Wildman–Crippen MR) is 278 cm³/mol. The smallest absolute Gasteiger partial charge is 0.455 e. The van der Waals surface area contributed by atoms with E-state index in [1.165, 1.54) is 29.0 Å². The van der Waals surface area contributed by atoms with Gasteiger partial charge in [0.25, 0.3) is 25.8 Å². The van der Waals surface area contributed by atoms with Crippen LogP contribution < -0.4 is 19.7 Å². The molecule has 5 aromatic rings. The van der Waals surface area contributed by atoms with Crippen LogP contribution in [0.3, 0.4) is 0 Å². The molecule has 0 spiro atoms. The van der Waals surface area contributed by atoms with E-state index >= 15 is 0 Å². The zero-order valence-electron chi connectivity index (χ0n) is 41.2. The SMILES string of the molecule is CCOC(=O)N=S1(=O)CCN(C[C@H](C)Nc2ccc(S(=O)(=O)NC(=O)c3ccc(N4CCN(CC5=C(c6ccc(Cl)cc6)CC(C)(C)CC5)CC4)cc3Oc3cnc4[nH]ccc4c3)cc2S(=O)(=O)C(F)(F)F)CC1. The topological polar surface area (TPSA) is 213 Å². The zero-order valence-corrected chi connectivity index (χ0v) is 44.4. The standard InChI is InChI=1S/C50H58ClF3N8O9S3/c1-5-70-48(64)59-72(65)24-22-61(23-25-72)31-33(2)57-43-13-11-40(28-45(43)73(66,67)50(52,53)54)74(68,69)58-47(63)41-12-10-38(27-44(41)71-39-26-35-15-17-55-46(35)56-30-39)62-20-18-60(19-21-62)32-36-14-16-49(3,4)29-42(36)34-6-8-37(51)9-7-34/h6-13,15,17,26-28,30,33,57H,5,14,16,18-25,29,31-32H2,1-4H3,(H,55,56)(H,58,63)/t33-/m0/s1. The van der Waals surface area contributed by atoms with Crippen LogP contribution in [0, 0.1) is 5.41 Å². The Kier molecular flexibility index (Phi) is 16.1. The van der Waals surface area contributed by atoms with Gasteiger partial charge in [0, 0.05) is 98.3 Å². The lowest BCUT2D eigenvalue weighted by Crippen LogP contribution is -2.47. The van der Waals surface area contributed by atoms with Crippen LogP contribution in [-0.4, -0.2) is 135 Å². The summed E-state index contributed by atoms with van der Waals surface area (Å²) in [6.45, 7) is 11.8. The van der Waals surface area contributed by atoms with Gasteiger partial charge in [0.1, 0.15) is 22.0 Å². The minimum atomic E-state index is -6.17. The molecule has 24 heteroatoms. The third-order valence-electron chi connectivity index (χ3n) is 13.3. The number of piperazine rings is 1. The molecule has 2 aliphatic heterocycles. The van der Waals surface area contributed by atoms with Gasteiger partial charge in [0.05, 0.1) is 38.7 Å². The lowest BCUT2D eigenvalue weighted by Gasteiger charge is -2.39. The molecule has 398 valence electrons. The number of sulfonamides is 1. The Morgan fingerprint density at radius 2 is 1.66 bits per heavy atom. The summed E-state index contributed by atoms with van der Waals surface area (Å²) in [7, 11) is -14.1. The van der Waals surface area contributed by atoms with Crippen LogP contribution in [0.2, 0.25) is 5.02 Å². The van der Waals surface area contributed by atoms with Crippen molar-refractivity contribution in [3.05, 3.63) is 107 Å². The van der Waals surface area contributed by atoms with Crippen molar-refractivity contribution in [3.8, 4) is 11.5 Å². The summed E-state index contributed by atoms with van der Waals surface area (Å²) in [5, 5.41) is 4.13. The van der Waals surface area contributed by atoms with Gasteiger partial charge in [0.2, 0.25) is 0 Å². The fourth-order valence-electron chi connectivity index (χ4n) is 9.37. The second-order valence-electron chi connectivity index (χ2n) is 19.4. The summed E-state index contributed by atoms with van der Waals surface area (Å²) in [6.07, 6.45) is 5.20. The lowest BCUT2D eigenvalue weighted by molar-refractivity contribution is -0.0436. The number of amides is 2. The first-order valence-electron chi connectivity index (χ1n) is 24.0. The molecule has 2 amide bonds. The van der Waals surface area contributed by atoms with Gasteiger partial charge in [-0.1, -0.05) is 43.2 Å². The van der Waals surface area contributed by atoms with Crippen LogP contribution in [0.5, 0.6) is 11.5 Å². The number of hydrogen-bond acceptors (Lipinski definition) is 14. The van der Waals surface area contributed by atoms with Crippen LogP contribution in [0.25, 0.3) is 16.6 Å². The highest BCUT2D eigenvalue weighted by atomic mass is 35.5.